The van der Waals surface area contributed by atoms with Crippen LogP contribution in [0.5, 0.6) is 0 Å². The van der Waals surface area contributed by atoms with Crippen LogP contribution in [0, 0.1) is 0 Å². The van der Waals surface area contributed by atoms with Gasteiger partial charge in [0.15, 0.2) is 0 Å². The van der Waals surface area contributed by atoms with Gasteiger partial charge < -0.3 is 5.32 Å². The first-order valence-corrected chi connectivity index (χ1v) is 6.42. The molecule has 0 radical (unpaired) electrons. The van der Waals surface area contributed by atoms with Crippen LogP contribution in [0.15, 0.2) is 12.4 Å². The highest BCUT2D eigenvalue weighted by Crippen LogP contribution is 2.12. The second kappa shape index (κ2) is 8.08. The highest BCUT2D eigenvalue weighted by molar-refractivity contribution is 5.39. The fourth-order valence-electron chi connectivity index (χ4n) is 1.66. The molecule has 1 N–H and O–H groups in total. The summed E-state index contributed by atoms with van der Waals surface area (Å²) in [7, 11) is 0. The van der Waals surface area contributed by atoms with Crippen molar-refractivity contribution < 1.29 is 0 Å². The van der Waals surface area contributed by atoms with Gasteiger partial charge in [-0.15, -0.1) is 0 Å². The Kier molecular flexibility index (Phi) is 6.54. The normalized spacial score (nSPS) is 10.4. The standard InChI is InChI=1S/C13H23N3/c1-3-5-6-7-8-12-13(15-9-4-2)16-11-10-14-12/h10-11H,3-9H2,1-2H3,(H,15,16). The lowest BCUT2D eigenvalue weighted by atomic mass is 10.1. The number of hydrogen-bond donors (Lipinski definition) is 1. The second-order valence-corrected chi connectivity index (χ2v) is 4.09. The van der Waals surface area contributed by atoms with E-state index < -0.39 is 0 Å². The summed E-state index contributed by atoms with van der Waals surface area (Å²) < 4.78 is 0. The zero-order valence-electron chi connectivity index (χ0n) is 10.5. The number of unbranched alkanes of at least 4 members (excludes halogenated alkanes) is 3. The molecular weight excluding hydrogens is 198 g/mol. The largest absolute Gasteiger partial charge is 0.369 e. The Hall–Kier alpha value is -1.12. The van der Waals surface area contributed by atoms with Crippen molar-refractivity contribution in [3.63, 3.8) is 0 Å². The lowest BCUT2D eigenvalue weighted by Crippen LogP contribution is -2.06. The molecule has 0 fully saturated rings. The molecule has 0 aliphatic rings. The molecule has 0 atom stereocenters. The van der Waals surface area contributed by atoms with Gasteiger partial charge in [0.1, 0.15) is 5.82 Å². The van der Waals surface area contributed by atoms with Crippen LogP contribution in [-0.4, -0.2) is 16.5 Å². The van der Waals surface area contributed by atoms with Gasteiger partial charge in [0.2, 0.25) is 0 Å². The van der Waals surface area contributed by atoms with E-state index in [1.807, 2.05) is 0 Å². The van der Waals surface area contributed by atoms with Crippen LogP contribution in [0.4, 0.5) is 5.82 Å². The summed E-state index contributed by atoms with van der Waals surface area (Å²) in [6, 6.07) is 0. The van der Waals surface area contributed by atoms with Crippen molar-refractivity contribution in [2.45, 2.75) is 52.4 Å². The smallest absolute Gasteiger partial charge is 0.147 e. The van der Waals surface area contributed by atoms with E-state index in [9.17, 15) is 0 Å². The zero-order valence-corrected chi connectivity index (χ0v) is 10.5. The maximum atomic E-state index is 4.40. The molecule has 0 saturated carbocycles. The van der Waals surface area contributed by atoms with Gasteiger partial charge in [-0.3, -0.25) is 4.98 Å². The van der Waals surface area contributed by atoms with Crippen molar-refractivity contribution in [1.82, 2.24) is 9.97 Å². The monoisotopic (exact) mass is 221 g/mol. The van der Waals surface area contributed by atoms with Crippen molar-refractivity contribution in [2.75, 3.05) is 11.9 Å². The van der Waals surface area contributed by atoms with Crippen molar-refractivity contribution in [3.05, 3.63) is 18.1 Å². The van der Waals surface area contributed by atoms with Crippen LogP contribution in [0.25, 0.3) is 0 Å². The molecule has 16 heavy (non-hydrogen) atoms. The Labute approximate surface area is 98.7 Å². The summed E-state index contributed by atoms with van der Waals surface area (Å²) in [5.74, 6) is 0.973. The summed E-state index contributed by atoms with van der Waals surface area (Å²) in [6.07, 6.45) is 10.8. The number of nitrogens with one attached hydrogen (secondary N) is 1. The van der Waals surface area contributed by atoms with E-state index in [0.717, 1.165) is 30.9 Å². The Bertz CT molecular complexity index is 286. The summed E-state index contributed by atoms with van der Waals surface area (Å²) in [4.78, 5) is 8.75. The Morgan fingerprint density at radius 1 is 1.00 bits per heavy atom. The number of aryl methyl sites for hydroxylation is 1. The molecule has 1 aromatic rings. The van der Waals surface area contributed by atoms with Gasteiger partial charge in [-0.1, -0.05) is 33.1 Å². The third-order valence-corrected chi connectivity index (χ3v) is 2.58. The van der Waals surface area contributed by atoms with Gasteiger partial charge in [0.05, 0.1) is 5.69 Å². The van der Waals surface area contributed by atoms with Gasteiger partial charge in [-0.25, -0.2) is 4.98 Å². The van der Waals surface area contributed by atoms with Gasteiger partial charge in [-0.2, -0.15) is 0 Å². The first-order chi connectivity index (χ1) is 7.88. The number of anilines is 1. The van der Waals surface area contributed by atoms with Gasteiger partial charge >= 0.3 is 0 Å². The van der Waals surface area contributed by atoms with E-state index >= 15 is 0 Å². The number of nitrogens with zero attached hydrogens (tertiary/aromatic N) is 2. The molecule has 0 aromatic carbocycles. The predicted molar refractivity (Wildman–Crippen MR) is 68.7 cm³/mol. The lowest BCUT2D eigenvalue weighted by Gasteiger charge is -2.08. The number of hydrogen-bond acceptors (Lipinski definition) is 3. The van der Waals surface area contributed by atoms with Crippen LogP contribution in [0.3, 0.4) is 0 Å². The zero-order chi connectivity index (χ0) is 11.6. The molecule has 0 spiro atoms. The second-order valence-electron chi connectivity index (χ2n) is 4.09. The highest BCUT2D eigenvalue weighted by atomic mass is 15.0. The molecule has 0 saturated heterocycles. The molecule has 1 aromatic heterocycles. The topological polar surface area (TPSA) is 37.8 Å². The SMILES string of the molecule is CCCCCCc1nccnc1NCCC. The van der Waals surface area contributed by atoms with E-state index in [-0.39, 0.29) is 0 Å². The molecule has 90 valence electrons. The average Bonchev–Trinajstić information content (AvgIpc) is 2.33. The molecule has 1 rings (SSSR count). The minimum absolute atomic E-state index is 0.973. The Morgan fingerprint density at radius 2 is 1.81 bits per heavy atom. The Balaban J connectivity index is 2.43. The first-order valence-electron chi connectivity index (χ1n) is 6.42. The van der Waals surface area contributed by atoms with E-state index in [2.05, 4.69) is 29.1 Å². The maximum absolute atomic E-state index is 4.40. The molecule has 0 amide bonds. The van der Waals surface area contributed by atoms with Crippen molar-refractivity contribution in [2.24, 2.45) is 0 Å². The summed E-state index contributed by atoms with van der Waals surface area (Å²) in [5, 5.41) is 3.33. The minimum atomic E-state index is 0.973. The van der Waals surface area contributed by atoms with Crippen molar-refractivity contribution >= 4 is 5.82 Å². The number of aromatic nitrogens is 2. The molecular formula is C13H23N3. The van der Waals surface area contributed by atoms with Crippen LogP contribution < -0.4 is 5.32 Å². The lowest BCUT2D eigenvalue weighted by molar-refractivity contribution is 0.660. The summed E-state index contributed by atoms with van der Waals surface area (Å²) in [5.41, 5.74) is 1.12. The fraction of sp³-hybridized carbons (Fsp3) is 0.692. The maximum Gasteiger partial charge on any atom is 0.147 e. The summed E-state index contributed by atoms with van der Waals surface area (Å²) >= 11 is 0. The fourth-order valence-corrected chi connectivity index (χ4v) is 1.66. The molecule has 0 aliphatic carbocycles. The van der Waals surface area contributed by atoms with Gasteiger partial charge in [0, 0.05) is 18.9 Å². The third kappa shape index (κ3) is 4.60. The average molecular weight is 221 g/mol. The minimum Gasteiger partial charge on any atom is -0.369 e. The molecule has 3 nitrogen and oxygen atoms in total. The van der Waals surface area contributed by atoms with Crippen LogP contribution in [-0.2, 0) is 6.42 Å². The highest BCUT2D eigenvalue weighted by Gasteiger charge is 2.03. The van der Waals surface area contributed by atoms with E-state index in [4.69, 9.17) is 0 Å². The van der Waals surface area contributed by atoms with Gasteiger partial charge in [0.25, 0.3) is 0 Å². The Morgan fingerprint density at radius 3 is 2.56 bits per heavy atom. The van der Waals surface area contributed by atoms with Crippen LogP contribution >= 0.6 is 0 Å². The van der Waals surface area contributed by atoms with E-state index in [0.29, 0.717) is 0 Å². The van der Waals surface area contributed by atoms with Gasteiger partial charge in [-0.05, 0) is 19.3 Å². The first kappa shape index (κ1) is 12.9. The quantitative estimate of drug-likeness (QED) is 0.683. The molecule has 0 aliphatic heterocycles. The molecule has 3 heteroatoms. The third-order valence-electron chi connectivity index (χ3n) is 2.58. The van der Waals surface area contributed by atoms with Crippen LogP contribution in [0.1, 0.15) is 51.6 Å². The molecule has 0 unspecified atom stereocenters. The van der Waals surface area contributed by atoms with E-state index in [1.54, 1.807) is 12.4 Å². The van der Waals surface area contributed by atoms with Crippen LogP contribution in [0.2, 0.25) is 0 Å². The van der Waals surface area contributed by atoms with Crippen molar-refractivity contribution in [1.29, 1.82) is 0 Å². The molecule has 1 heterocycles. The molecule has 0 bridgehead atoms. The predicted octanol–water partition coefficient (Wildman–Crippen LogP) is 3.42. The van der Waals surface area contributed by atoms with E-state index in [1.165, 1.54) is 25.7 Å². The van der Waals surface area contributed by atoms with Crippen molar-refractivity contribution in [3.8, 4) is 0 Å². The number of rotatable bonds is 8. The summed E-state index contributed by atoms with van der Waals surface area (Å²) in [6.45, 7) is 5.36.